The fourth-order valence-electron chi connectivity index (χ4n) is 11.2. The number of aromatic nitrogens is 3. The Labute approximate surface area is 353 Å². The van der Waals surface area contributed by atoms with E-state index in [4.69, 9.17) is 15.0 Å². The van der Waals surface area contributed by atoms with Gasteiger partial charge < -0.3 is 4.90 Å². The van der Waals surface area contributed by atoms with E-state index in [0.717, 1.165) is 16.7 Å². The molecule has 4 nitrogen and oxygen atoms in total. The van der Waals surface area contributed by atoms with Crippen LogP contribution in [0.5, 0.6) is 0 Å². The molecule has 0 radical (unpaired) electrons. The maximum Gasteiger partial charge on any atom is 0.164 e. The molecule has 2 heterocycles. The molecule has 0 spiro atoms. The lowest BCUT2D eigenvalue weighted by molar-refractivity contribution is 0.441. The normalized spacial score (nSPS) is 24.1. The van der Waals surface area contributed by atoms with Gasteiger partial charge in [0.05, 0.1) is 5.54 Å². The summed E-state index contributed by atoms with van der Waals surface area (Å²) in [7, 11) is 0. The highest BCUT2D eigenvalue weighted by molar-refractivity contribution is 5.88. The van der Waals surface area contributed by atoms with Gasteiger partial charge >= 0.3 is 0 Å². The van der Waals surface area contributed by atoms with Crippen molar-refractivity contribution in [2.45, 2.75) is 63.3 Å². The van der Waals surface area contributed by atoms with Crippen LogP contribution < -0.4 is 4.90 Å². The Kier molecular flexibility index (Phi) is 7.85. The van der Waals surface area contributed by atoms with Crippen LogP contribution in [0.2, 0.25) is 0 Å². The smallest absolute Gasteiger partial charge is 0.164 e. The first-order valence-corrected chi connectivity index (χ1v) is 21.3. The summed E-state index contributed by atoms with van der Waals surface area (Å²) in [6.45, 7) is 14.4. The average Bonchev–Trinajstić information content (AvgIpc) is 3.51. The van der Waals surface area contributed by atoms with E-state index in [1.165, 1.54) is 55.9 Å². The number of allylic oxidation sites excluding steroid dienone is 4. The van der Waals surface area contributed by atoms with E-state index in [1.54, 1.807) is 0 Å². The number of nitrogens with zero attached hydrogens (tertiary/aromatic N) is 4. The number of para-hydroxylation sites is 1. The Morgan fingerprint density at radius 2 is 1.03 bits per heavy atom. The Morgan fingerprint density at radius 3 is 1.68 bits per heavy atom. The Bertz CT molecular complexity index is 2900. The summed E-state index contributed by atoms with van der Waals surface area (Å²) in [5.41, 5.74) is 15.0. The number of rotatable bonds is 5. The van der Waals surface area contributed by atoms with Gasteiger partial charge in [-0.2, -0.15) is 0 Å². The van der Waals surface area contributed by atoms with Gasteiger partial charge in [0, 0.05) is 44.3 Å². The van der Waals surface area contributed by atoms with Gasteiger partial charge in [0.2, 0.25) is 0 Å². The third-order valence-corrected chi connectivity index (χ3v) is 14.2. The minimum absolute atomic E-state index is 0.235. The second-order valence-electron chi connectivity index (χ2n) is 18.2. The van der Waals surface area contributed by atoms with E-state index in [-0.39, 0.29) is 22.2 Å². The summed E-state index contributed by atoms with van der Waals surface area (Å²) in [5, 5.41) is 0. The van der Waals surface area contributed by atoms with E-state index < -0.39 is 5.54 Å². The molecule has 11 rings (SSSR count). The molecule has 0 saturated carbocycles. The van der Waals surface area contributed by atoms with Crippen LogP contribution in [0, 0.1) is 5.92 Å². The van der Waals surface area contributed by atoms with Crippen molar-refractivity contribution in [2.24, 2.45) is 5.92 Å². The lowest BCUT2D eigenvalue weighted by atomic mass is 9.52. The topological polar surface area (TPSA) is 41.9 Å². The zero-order valence-corrected chi connectivity index (χ0v) is 35.1. The van der Waals surface area contributed by atoms with Gasteiger partial charge in [-0.25, -0.2) is 15.0 Å². The van der Waals surface area contributed by atoms with E-state index in [0.29, 0.717) is 17.5 Å². The molecule has 4 atom stereocenters. The van der Waals surface area contributed by atoms with E-state index in [9.17, 15) is 0 Å². The van der Waals surface area contributed by atoms with Crippen LogP contribution in [0.15, 0.2) is 187 Å². The van der Waals surface area contributed by atoms with Gasteiger partial charge in [0.1, 0.15) is 0 Å². The van der Waals surface area contributed by atoms with Crippen molar-refractivity contribution in [1.82, 2.24) is 15.0 Å². The first kappa shape index (κ1) is 36.4. The lowest BCUT2D eigenvalue weighted by Crippen LogP contribution is -2.58. The van der Waals surface area contributed by atoms with Crippen LogP contribution in [0.3, 0.4) is 0 Å². The first-order chi connectivity index (χ1) is 29.0. The third-order valence-electron chi connectivity index (χ3n) is 14.2. The minimum Gasteiger partial charge on any atom is -0.328 e. The number of benzene rings is 6. The molecular weight excluding hydrogens is 729 g/mol. The third kappa shape index (κ3) is 5.13. The molecule has 4 unspecified atom stereocenters. The zero-order valence-electron chi connectivity index (χ0n) is 35.1. The van der Waals surface area contributed by atoms with Crippen LogP contribution in [0.25, 0.3) is 45.3 Å². The van der Waals surface area contributed by atoms with Gasteiger partial charge in [-0.3, -0.25) is 0 Å². The molecule has 7 aromatic rings. The quantitative estimate of drug-likeness (QED) is 0.163. The lowest BCUT2D eigenvalue weighted by Gasteiger charge is -2.59. The average molecular weight is 777 g/mol. The van der Waals surface area contributed by atoms with Crippen LogP contribution in [0.1, 0.15) is 63.8 Å². The molecule has 0 N–H and O–H groups in total. The molecule has 292 valence electrons. The van der Waals surface area contributed by atoms with Crippen molar-refractivity contribution < 1.29 is 0 Å². The first-order valence-electron chi connectivity index (χ1n) is 21.3. The molecule has 0 bridgehead atoms. The minimum atomic E-state index is -0.408. The fraction of sp³-hybridized carbons (Fsp3) is 0.196. The maximum atomic E-state index is 5.08. The summed E-state index contributed by atoms with van der Waals surface area (Å²) < 4.78 is 0. The maximum absolute atomic E-state index is 5.08. The largest absolute Gasteiger partial charge is 0.328 e. The second kappa shape index (κ2) is 12.9. The van der Waals surface area contributed by atoms with Crippen LogP contribution in [0.4, 0.5) is 11.4 Å². The molecular formula is C56H48N4. The standard InChI is InChI=1S/C56H48N4/c1-36-30-31-55(5)44-24-16-17-25-47(44)60(56(6)33-32-54(4,48(36)49(55)56)40-22-14-9-15-23-40)41-27-29-43-42-28-26-39(34-45(42)53(2,3)46(43)35-41)52-58-50(37-18-10-7-11-19-37)57-51(59-52)38-20-12-8-13-21-38/h7-36H,1-6H3. The summed E-state index contributed by atoms with van der Waals surface area (Å²) >= 11 is 0. The van der Waals surface area contributed by atoms with Crippen molar-refractivity contribution >= 4 is 11.4 Å². The molecule has 0 fully saturated rings. The second-order valence-corrected chi connectivity index (χ2v) is 18.2. The van der Waals surface area contributed by atoms with Crippen LogP contribution in [-0.2, 0) is 16.2 Å². The van der Waals surface area contributed by atoms with Crippen LogP contribution in [-0.4, -0.2) is 20.5 Å². The van der Waals surface area contributed by atoms with Gasteiger partial charge in [0.25, 0.3) is 0 Å². The molecule has 1 aliphatic heterocycles. The Balaban J connectivity index is 1.05. The molecule has 0 saturated heterocycles. The van der Waals surface area contributed by atoms with E-state index in [2.05, 4.69) is 186 Å². The highest BCUT2D eigenvalue weighted by atomic mass is 15.2. The Morgan fingerprint density at radius 1 is 0.483 bits per heavy atom. The highest BCUT2D eigenvalue weighted by Gasteiger charge is 2.56. The highest BCUT2D eigenvalue weighted by Crippen LogP contribution is 2.63. The van der Waals surface area contributed by atoms with Crippen molar-refractivity contribution in [3.05, 3.63) is 209 Å². The van der Waals surface area contributed by atoms with Crippen molar-refractivity contribution in [2.75, 3.05) is 4.90 Å². The fourth-order valence-corrected chi connectivity index (χ4v) is 11.2. The predicted molar refractivity (Wildman–Crippen MR) is 246 cm³/mol. The van der Waals surface area contributed by atoms with Crippen molar-refractivity contribution in [3.63, 3.8) is 0 Å². The SMILES string of the molecule is CC1C=CC2(C)C3=C1C(C)(c1ccccc1)C=CC3(C)N(c1ccc3c(c1)C(C)(C)c1cc(-c4nc(-c5ccccc5)nc(-c5ccccc5)n4)ccc1-3)c1ccccc12. The monoisotopic (exact) mass is 776 g/mol. The molecule has 60 heavy (non-hydrogen) atoms. The van der Waals surface area contributed by atoms with Gasteiger partial charge in [-0.05, 0) is 95.5 Å². The van der Waals surface area contributed by atoms with E-state index >= 15 is 0 Å². The number of fused-ring (bicyclic) bond motifs is 5. The van der Waals surface area contributed by atoms with Crippen molar-refractivity contribution in [1.29, 1.82) is 0 Å². The molecule has 6 aromatic carbocycles. The molecule has 4 aliphatic rings. The number of anilines is 2. The molecule has 3 aliphatic carbocycles. The predicted octanol–water partition coefficient (Wildman–Crippen LogP) is 13.4. The summed E-state index contributed by atoms with van der Waals surface area (Å²) in [6, 6.07) is 54.5. The summed E-state index contributed by atoms with van der Waals surface area (Å²) in [5.74, 6) is 2.29. The van der Waals surface area contributed by atoms with Crippen LogP contribution >= 0.6 is 0 Å². The molecule has 4 heteroatoms. The summed E-state index contributed by atoms with van der Waals surface area (Å²) in [6.07, 6.45) is 9.96. The zero-order chi connectivity index (χ0) is 41.0. The van der Waals surface area contributed by atoms with E-state index in [1.807, 2.05) is 36.4 Å². The van der Waals surface area contributed by atoms with Gasteiger partial charge in [0.15, 0.2) is 17.5 Å². The van der Waals surface area contributed by atoms with Crippen molar-refractivity contribution in [3.8, 4) is 45.3 Å². The molecule has 1 aromatic heterocycles. The van der Waals surface area contributed by atoms with Gasteiger partial charge in [-0.1, -0.05) is 172 Å². The number of hydrogen-bond acceptors (Lipinski definition) is 4. The summed E-state index contributed by atoms with van der Waals surface area (Å²) in [4.78, 5) is 17.8. The number of hydrogen-bond donors (Lipinski definition) is 0. The van der Waals surface area contributed by atoms with Gasteiger partial charge in [-0.15, -0.1) is 0 Å². The Hall–Kier alpha value is -6.65. The molecule has 0 amide bonds.